The smallest absolute Gasteiger partial charge is 0.290 e. The number of carbonyl (C=O) groups is 2. The Bertz CT molecular complexity index is 1020. The van der Waals surface area contributed by atoms with Gasteiger partial charge in [0.2, 0.25) is 5.78 Å². The normalized spacial score (nSPS) is 17.0. The van der Waals surface area contributed by atoms with Gasteiger partial charge >= 0.3 is 0 Å². The lowest BCUT2D eigenvalue weighted by atomic mass is 9.98. The van der Waals surface area contributed by atoms with Crippen LogP contribution in [0.5, 0.6) is 0 Å². The number of aryl methyl sites for hydroxylation is 1. The van der Waals surface area contributed by atoms with Crippen molar-refractivity contribution in [3.8, 4) is 0 Å². The standard InChI is InChI=1S/C20H16N2O4S/c1-12-6-10-27-19(12)16-15(17(23)14-3-2-9-26-14)18(24)20(25)22(16)11-13-4-7-21-8-5-13/h2-10,16,24H,11H2,1H3. The predicted molar refractivity (Wildman–Crippen MR) is 99.3 cm³/mol. The number of nitrogens with zero attached hydrogens (tertiary/aromatic N) is 2. The van der Waals surface area contributed by atoms with E-state index in [1.807, 2.05) is 18.4 Å². The van der Waals surface area contributed by atoms with Gasteiger partial charge < -0.3 is 14.4 Å². The summed E-state index contributed by atoms with van der Waals surface area (Å²) in [7, 11) is 0. The molecule has 3 aromatic rings. The van der Waals surface area contributed by atoms with Crippen LogP contribution in [0.1, 0.15) is 32.6 Å². The third-order valence-corrected chi connectivity index (χ3v) is 5.62. The first-order chi connectivity index (χ1) is 13.1. The van der Waals surface area contributed by atoms with E-state index < -0.39 is 23.5 Å². The Hall–Kier alpha value is -3.19. The first kappa shape index (κ1) is 17.2. The van der Waals surface area contributed by atoms with Gasteiger partial charge in [0, 0.05) is 23.8 Å². The molecule has 27 heavy (non-hydrogen) atoms. The van der Waals surface area contributed by atoms with Gasteiger partial charge in [0.1, 0.15) is 6.04 Å². The minimum absolute atomic E-state index is 0.0505. The van der Waals surface area contributed by atoms with Crippen LogP contribution in [0.15, 0.2) is 70.1 Å². The number of furan rings is 1. The molecule has 1 unspecified atom stereocenters. The number of thiophene rings is 1. The summed E-state index contributed by atoms with van der Waals surface area (Å²) < 4.78 is 5.21. The lowest BCUT2D eigenvalue weighted by Crippen LogP contribution is -2.30. The van der Waals surface area contributed by atoms with E-state index in [1.165, 1.54) is 28.6 Å². The van der Waals surface area contributed by atoms with Crippen molar-refractivity contribution in [1.82, 2.24) is 9.88 Å². The number of hydrogen-bond donors (Lipinski definition) is 1. The molecule has 1 N–H and O–H groups in total. The molecule has 0 spiro atoms. The van der Waals surface area contributed by atoms with Gasteiger partial charge in [-0.05, 0) is 53.8 Å². The maximum absolute atomic E-state index is 13.0. The third-order valence-electron chi connectivity index (χ3n) is 4.55. The Morgan fingerprint density at radius 1 is 1.30 bits per heavy atom. The van der Waals surface area contributed by atoms with Gasteiger partial charge in [-0.15, -0.1) is 11.3 Å². The van der Waals surface area contributed by atoms with Crippen LogP contribution in [0.25, 0.3) is 0 Å². The topological polar surface area (TPSA) is 83.6 Å². The third kappa shape index (κ3) is 2.96. The summed E-state index contributed by atoms with van der Waals surface area (Å²) in [5.74, 6) is -1.49. The highest BCUT2D eigenvalue weighted by atomic mass is 32.1. The molecular weight excluding hydrogens is 364 g/mol. The Balaban J connectivity index is 1.80. The number of amides is 1. The van der Waals surface area contributed by atoms with Gasteiger partial charge in [-0.3, -0.25) is 14.6 Å². The Morgan fingerprint density at radius 2 is 2.07 bits per heavy atom. The van der Waals surface area contributed by atoms with Crippen LogP contribution in [0.4, 0.5) is 0 Å². The maximum Gasteiger partial charge on any atom is 0.290 e. The summed E-state index contributed by atoms with van der Waals surface area (Å²) in [4.78, 5) is 32.2. The SMILES string of the molecule is Cc1ccsc1C1C(C(=O)c2ccco2)=C(O)C(=O)N1Cc1ccncc1. The number of Topliss-reactive ketones (excluding diaryl/α,β-unsaturated/α-hetero) is 1. The highest BCUT2D eigenvalue weighted by Gasteiger charge is 2.45. The number of aliphatic hydroxyl groups is 1. The molecule has 6 nitrogen and oxygen atoms in total. The molecule has 3 aromatic heterocycles. The molecule has 7 heteroatoms. The van der Waals surface area contributed by atoms with Gasteiger partial charge in [-0.1, -0.05) is 0 Å². The second kappa shape index (κ2) is 6.85. The average Bonchev–Trinajstić information content (AvgIpc) is 3.39. The molecule has 0 radical (unpaired) electrons. The summed E-state index contributed by atoms with van der Waals surface area (Å²) in [6.45, 7) is 2.17. The molecule has 4 heterocycles. The van der Waals surface area contributed by atoms with Crippen molar-refractivity contribution >= 4 is 23.0 Å². The van der Waals surface area contributed by atoms with Crippen molar-refractivity contribution in [2.45, 2.75) is 19.5 Å². The van der Waals surface area contributed by atoms with E-state index in [0.29, 0.717) is 0 Å². The summed E-state index contributed by atoms with van der Waals surface area (Å²) in [6.07, 6.45) is 4.68. The van der Waals surface area contributed by atoms with E-state index in [1.54, 1.807) is 30.6 Å². The van der Waals surface area contributed by atoms with E-state index in [2.05, 4.69) is 4.98 Å². The number of pyridine rings is 1. The average molecular weight is 380 g/mol. The van der Waals surface area contributed by atoms with Gasteiger partial charge in [-0.25, -0.2) is 0 Å². The Kier molecular flexibility index (Phi) is 4.37. The number of aliphatic hydroxyl groups excluding tert-OH is 1. The Labute approximate surface area is 159 Å². The van der Waals surface area contributed by atoms with Gasteiger partial charge in [0.25, 0.3) is 5.91 Å². The molecule has 0 saturated carbocycles. The van der Waals surface area contributed by atoms with Crippen molar-refractivity contribution in [1.29, 1.82) is 0 Å². The van der Waals surface area contributed by atoms with Crippen LogP contribution in [0, 0.1) is 6.92 Å². The molecule has 0 aromatic carbocycles. The molecule has 1 amide bonds. The molecule has 0 fully saturated rings. The monoisotopic (exact) mass is 380 g/mol. The number of hydrogen-bond acceptors (Lipinski definition) is 6. The van der Waals surface area contributed by atoms with Crippen LogP contribution in [0.2, 0.25) is 0 Å². The quantitative estimate of drug-likeness (QED) is 0.680. The van der Waals surface area contributed by atoms with Crippen LogP contribution < -0.4 is 0 Å². The lowest BCUT2D eigenvalue weighted by Gasteiger charge is -2.26. The number of rotatable bonds is 5. The summed E-state index contributed by atoms with van der Waals surface area (Å²) in [5.41, 5.74) is 1.86. The molecule has 0 aliphatic carbocycles. The highest BCUT2D eigenvalue weighted by molar-refractivity contribution is 7.10. The van der Waals surface area contributed by atoms with Gasteiger partial charge in [0.05, 0.1) is 11.8 Å². The Morgan fingerprint density at radius 3 is 2.70 bits per heavy atom. The molecule has 4 rings (SSSR count). The molecule has 1 atom stereocenters. The van der Waals surface area contributed by atoms with Crippen LogP contribution >= 0.6 is 11.3 Å². The van der Waals surface area contributed by atoms with E-state index in [0.717, 1.165) is 16.0 Å². The maximum atomic E-state index is 13.0. The van der Waals surface area contributed by atoms with Crippen molar-refractivity contribution in [3.05, 3.63) is 87.5 Å². The minimum atomic E-state index is -0.664. The predicted octanol–water partition coefficient (Wildman–Crippen LogP) is 3.82. The van der Waals surface area contributed by atoms with Crippen LogP contribution in [-0.4, -0.2) is 26.7 Å². The number of carbonyl (C=O) groups excluding carboxylic acids is 2. The summed E-state index contributed by atoms with van der Waals surface area (Å²) in [6, 6.07) is 7.99. The van der Waals surface area contributed by atoms with E-state index in [9.17, 15) is 14.7 Å². The van der Waals surface area contributed by atoms with Crippen molar-refractivity contribution in [2.75, 3.05) is 0 Å². The largest absolute Gasteiger partial charge is 0.503 e. The molecule has 0 bridgehead atoms. The van der Waals surface area contributed by atoms with E-state index >= 15 is 0 Å². The molecule has 1 aliphatic rings. The molecular formula is C20H16N2O4S. The fraction of sp³-hybridized carbons (Fsp3) is 0.150. The first-order valence-corrected chi connectivity index (χ1v) is 9.21. The second-order valence-electron chi connectivity index (χ2n) is 6.23. The molecule has 136 valence electrons. The molecule has 0 saturated heterocycles. The molecule has 1 aliphatic heterocycles. The van der Waals surface area contributed by atoms with Crippen molar-refractivity contribution < 1.29 is 19.1 Å². The zero-order chi connectivity index (χ0) is 19.0. The summed E-state index contributed by atoms with van der Waals surface area (Å²) in [5, 5.41) is 12.5. The zero-order valence-electron chi connectivity index (χ0n) is 14.5. The minimum Gasteiger partial charge on any atom is -0.503 e. The summed E-state index contributed by atoms with van der Waals surface area (Å²) >= 11 is 1.45. The second-order valence-corrected chi connectivity index (χ2v) is 7.18. The van der Waals surface area contributed by atoms with Crippen molar-refractivity contribution in [2.24, 2.45) is 0 Å². The number of ketones is 1. The highest BCUT2D eigenvalue weighted by Crippen LogP contribution is 2.42. The van der Waals surface area contributed by atoms with Crippen LogP contribution in [-0.2, 0) is 11.3 Å². The van der Waals surface area contributed by atoms with E-state index in [4.69, 9.17) is 4.42 Å². The fourth-order valence-electron chi connectivity index (χ4n) is 3.21. The fourth-order valence-corrected chi connectivity index (χ4v) is 4.26. The number of aromatic nitrogens is 1. The van der Waals surface area contributed by atoms with Crippen molar-refractivity contribution in [3.63, 3.8) is 0 Å². The zero-order valence-corrected chi connectivity index (χ0v) is 15.3. The first-order valence-electron chi connectivity index (χ1n) is 8.33. The lowest BCUT2D eigenvalue weighted by molar-refractivity contribution is -0.130. The van der Waals surface area contributed by atoms with E-state index in [-0.39, 0.29) is 17.9 Å². The van der Waals surface area contributed by atoms with Gasteiger partial charge in [0.15, 0.2) is 11.5 Å². The van der Waals surface area contributed by atoms with Gasteiger partial charge in [-0.2, -0.15) is 0 Å². The van der Waals surface area contributed by atoms with Crippen LogP contribution in [0.3, 0.4) is 0 Å².